The lowest BCUT2D eigenvalue weighted by atomic mass is 10.1. The van der Waals surface area contributed by atoms with Gasteiger partial charge in [0.2, 0.25) is 5.90 Å². The van der Waals surface area contributed by atoms with Crippen molar-refractivity contribution >= 4 is 29.5 Å². The van der Waals surface area contributed by atoms with E-state index >= 15 is 0 Å². The van der Waals surface area contributed by atoms with Crippen molar-refractivity contribution in [1.82, 2.24) is 0 Å². The molecule has 0 N–H and O–H groups in total. The molecule has 1 aliphatic heterocycles. The fraction of sp³-hybridized carbons (Fsp3) is 0.158. The van der Waals surface area contributed by atoms with Crippen LogP contribution in [0.3, 0.4) is 0 Å². The van der Waals surface area contributed by atoms with Gasteiger partial charge >= 0.3 is 5.97 Å². The summed E-state index contributed by atoms with van der Waals surface area (Å²) in [5.74, 6) is 1.21. The molecule has 6 nitrogen and oxygen atoms in total. The van der Waals surface area contributed by atoms with Crippen LogP contribution in [0.2, 0.25) is 5.02 Å². The first-order chi connectivity index (χ1) is 12.6. The van der Waals surface area contributed by atoms with Gasteiger partial charge in [0.15, 0.2) is 17.2 Å². The molecule has 0 spiro atoms. The van der Waals surface area contributed by atoms with Gasteiger partial charge in [0.1, 0.15) is 5.75 Å². The number of aliphatic imine (C=N–C) groups is 1. The molecule has 7 heteroatoms. The summed E-state index contributed by atoms with van der Waals surface area (Å²) in [6, 6.07) is 10.4. The molecule has 2 aromatic rings. The highest BCUT2D eigenvalue weighted by molar-refractivity contribution is 6.34. The van der Waals surface area contributed by atoms with Crippen LogP contribution in [-0.4, -0.2) is 33.2 Å². The van der Waals surface area contributed by atoms with Crippen LogP contribution < -0.4 is 14.2 Å². The predicted octanol–water partition coefficient (Wildman–Crippen LogP) is 3.71. The third-order valence-electron chi connectivity index (χ3n) is 3.75. The summed E-state index contributed by atoms with van der Waals surface area (Å²) in [7, 11) is 4.61. The Bertz CT molecular complexity index is 920. The molecule has 0 radical (unpaired) electrons. The number of para-hydroxylation sites is 1. The molecular weight excluding hydrogens is 358 g/mol. The van der Waals surface area contributed by atoms with E-state index in [0.717, 1.165) is 0 Å². The second kappa shape index (κ2) is 7.49. The Labute approximate surface area is 155 Å². The smallest absolute Gasteiger partial charge is 0.363 e. The van der Waals surface area contributed by atoms with Gasteiger partial charge in [0, 0.05) is 5.56 Å². The third kappa shape index (κ3) is 3.36. The van der Waals surface area contributed by atoms with E-state index in [1.54, 1.807) is 56.7 Å². The number of hydrogen-bond acceptors (Lipinski definition) is 6. The lowest BCUT2D eigenvalue weighted by Crippen LogP contribution is -2.06. The SMILES string of the molecule is COc1ccc(C2=N/C(=C/c3cccc(OC)c3OC)C(=O)O2)c(Cl)c1. The molecule has 1 heterocycles. The average Bonchev–Trinajstić information content (AvgIpc) is 3.01. The number of esters is 1. The van der Waals surface area contributed by atoms with E-state index in [-0.39, 0.29) is 11.6 Å². The number of nitrogens with zero attached hydrogens (tertiary/aromatic N) is 1. The van der Waals surface area contributed by atoms with Crippen LogP contribution in [0.4, 0.5) is 0 Å². The van der Waals surface area contributed by atoms with Gasteiger partial charge in [-0.1, -0.05) is 23.7 Å². The van der Waals surface area contributed by atoms with Gasteiger partial charge in [-0.2, -0.15) is 0 Å². The molecule has 0 amide bonds. The van der Waals surface area contributed by atoms with Crippen LogP contribution in [0.25, 0.3) is 6.08 Å². The quantitative estimate of drug-likeness (QED) is 0.590. The Hall–Kier alpha value is -2.99. The second-order valence-electron chi connectivity index (χ2n) is 5.26. The fourth-order valence-electron chi connectivity index (χ4n) is 2.49. The number of carbonyl (C=O) groups is 1. The predicted molar refractivity (Wildman–Crippen MR) is 98.2 cm³/mol. The Kier molecular flexibility index (Phi) is 5.14. The highest BCUT2D eigenvalue weighted by atomic mass is 35.5. The summed E-state index contributed by atoms with van der Waals surface area (Å²) < 4.78 is 21.0. The monoisotopic (exact) mass is 373 g/mol. The van der Waals surface area contributed by atoms with Crippen molar-refractivity contribution in [3.05, 3.63) is 58.2 Å². The number of methoxy groups -OCH3 is 3. The number of rotatable bonds is 5. The fourth-order valence-corrected chi connectivity index (χ4v) is 2.74. The molecule has 0 fully saturated rings. The molecule has 26 heavy (non-hydrogen) atoms. The third-order valence-corrected chi connectivity index (χ3v) is 4.07. The number of hydrogen-bond donors (Lipinski definition) is 0. The zero-order valence-corrected chi connectivity index (χ0v) is 15.2. The molecule has 0 saturated carbocycles. The van der Waals surface area contributed by atoms with Gasteiger partial charge in [-0.25, -0.2) is 9.79 Å². The first-order valence-corrected chi connectivity index (χ1v) is 8.02. The maximum absolute atomic E-state index is 12.2. The number of benzene rings is 2. The molecule has 2 aromatic carbocycles. The number of cyclic esters (lactones) is 1. The van der Waals surface area contributed by atoms with Gasteiger partial charge in [-0.3, -0.25) is 0 Å². The van der Waals surface area contributed by atoms with Crippen molar-refractivity contribution in [2.45, 2.75) is 0 Å². The van der Waals surface area contributed by atoms with Crippen molar-refractivity contribution < 1.29 is 23.7 Å². The largest absolute Gasteiger partial charge is 0.497 e. The van der Waals surface area contributed by atoms with Crippen LogP contribution in [0.5, 0.6) is 17.2 Å². The Morgan fingerprint density at radius 1 is 1.08 bits per heavy atom. The van der Waals surface area contributed by atoms with Gasteiger partial charge in [-0.15, -0.1) is 0 Å². The van der Waals surface area contributed by atoms with E-state index in [2.05, 4.69) is 4.99 Å². The second-order valence-corrected chi connectivity index (χ2v) is 5.67. The molecule has 0 aliphatic carbocycles. The first-order valence-electron chi connectivity index (χ1n) is 7.65. The van der Waals surface area contributed by atoms with E-state index in [1.807, 2.05) is 0 Å². The van der Waals surface area contributed by atoms with Crippen LogP contribution in [-0.2, 0) is 9.53 Å². The molecule has 3 rings (SSSR count). The molecule has 0 unspecified atom stereocenters. The number of halogens is 1. The molecule has 0 saturated heterocycles. The Morgan fingerprint density at radius 3 is 2.54 bits per heavy atom. The molecule has 1 aliphatic rings. The topological polar surface area (TPSA) is 66.3 Å². The van der Waals surface area contributed by atoms with E-state index in [1.165, 1.54) is 7.11 Å². The van der Waals surface area contributed by atoms with E-state index in [4.69, 9.17) is 30.5 Å². The summed E-state index contributed by atoms with van der Waals surface area (Å²) in [5, 5.41) is 0.371. The standard InChI is InChI=1S/C19H16ClNO5/c1-23-12-7-8-13(14(20)10-12)18-21-15(19(22)26-18)9-11-5-4-6-16(24-2)17(11)25-3/h4-10H,1-3H3/b15-9+. The van der Waals surface area contributed by atoms with Crippen molar-refractivity contribution in [2.24, 2.45) is 4.99 Å². The molecule has 0 atom stereocenters. The Morgan fingerprint density at radius 2 is 1.88 bits per heavy atom. The van der Waals surface area contributed by atoms with Crippen molar-refractivity contribution in [1.29, 1.82) is 0 Å². The van der Waals surface area contributed by atoms with Crippen molar-refractivity contribution in [2.75, 3.05) is 21.3 Å². The highest BCUT2D eigenvalue weighted by Crippen LogP contribution is 2.33. The summed E-state index contributed by atoms with van der Waals surface area (Å²) in [6.45, 7) is 0. The minimum atomic E-state index is -0.572. The zero-order valence-electron chi connectivity index (χ0n) is 14.4. The van der Waals surface area contributed by atoms with Crippen LogP contribution in [0.15, 0.2) is 47.1 Å². The highest BCUT2D eigenvalue weighted by Gasteiger charge is 2.26. The summed E-state index contributed by atoms with van der Waals surface area (Å²) in [6.07, 6.45) is 1.58. The van der Waals surface area contributed by atoms with E-state index in [9.17, 15) is 4.79 Å². The first kappa shape index (κ1) is 17.8. The molecule has 0 bridgehead atoms. The lowest BCUT2D eigenvalue weighted by molar-refractivity contribution is -0.129. The summed E-state index contributed by atoms with van der Waals surface area (Å²) in [4.78, 5) is 16.5. The van der Waals surface area contributed by atoms with Crippen molar-refractivity contribution in [3.63, 3.8) is 0 Å². The normalized spacial score (nSPS) is 14.8. The number of carbonyl (C=O) groups excluding carboxylic acids is 1. The van der Waals surface area contributed by atoms with Crippen LogP contribution in [0, 0.1) is 0 Å². The summed E-state index contributed by atoms with van der Waals surface area (Å²) >= 11 is 6.22. The van der Waals surface area contributed by atoms with Crippen LogP contribution >= 0.6 is 11.6 Å². The minimum absolute atomic E-state index is 0.135. The summed E-state index contributed by atoms with van der Waals surface area (Å²) in [5.41, 5.74) is 1.28. The average molecular weight is 374 g/mol. The van der Waals surface area contributed by atoms with Crippen LogP contribution in [0.1, 0.15) is 11.1 Å². The molecular formula is C19H16ClNO5. The van der Waals surface area contributed by atoms with E-state index in [0.29, 0.717) is 33.4 Å². The lowest BCUT2D eigenvalue weighted by Gasteiger charge is -2.09. The minimum Gasteiger partial charge on any atom is -0.497 e. The van der Waals surface area contributed by atoms with Gasteiger partial charge in [0.05, 0.1) is 31.9 Å². The van der Waals surface area contributed by atoms with Gasteiger partial charge in [-0.05, 0) is 30.3 Å². The van der Waals surface area contributed by atoms with E-state index < -0.39 is 5.97 Å². The maximum Gasteiger partial charge on any atom is 0.363 e. The van der Waals surface area contributed by atoms with Gasteiger partial charge in [0.25, 0.3) is 0 Å². The zero-order chi connectivity index (χ0) is 18.7. The molecule has 134 valence electrons. The molecule has 0 aromatic heterocycles. The van der Waals surface area contributed by atoms with Gasteiger partial charge < -0.3 is 18.9 Å². The number of ether oxygens (including phenoxy) is 4. The Balaban J connectivity index is 2.00. The van der Waals surface area contributed by atoms with Crippen molar-refractivity contribution in [3.8, 4) is 17.2 Å². The maximum atomic E-state index is 12.2.